The van der Waals surface area contributed by atoms with Crippen LogP contribution in [0.25, 0.3) is 0 Å². The third-order valence-electron chi connectivity index (χ3n) is 2.50. The molecule has 1 fully saturated rings. The summed E-state index contributed by atoms with van der Waals surface area (Å²) in [5, 5.41) is 3.29. The molecule has 0 aliphatic carbocycles. The van der Waals surface area contributed by atoms with E-state index in [1.54, 1.807) is 7.11 Å². The Balaban J connectivity index is 1.79. The van der Waals surface area contributed by atoms with Crippen LogP contribution >= 0.6 is 0 Å². The van der Waals surface area contributed by atoms with E-state index < -0.39 is 0 Å². The largest absolute Gasteiger partial charge is 0.383 e. The predicted molar refractivity (Wildman–Crippen MR) is 59.2 cm³/mol. The van der Waals surface area contributed by atoms with Gasteiger partial charge in [0.1, 0.15) is 0 Å². The molecule has 0 saturated carbocycles. The molecule has 0 aromatic carbocycles. The van der Waals surface area contributed by atoms with Crippen LogP contribution in [-0.4, -0.2) is 52.7 Å². The van der Waals surface area contributed by atoms with Crippen LogP contribution in [0.5, 0.6) is 0 Å². The van der Waals surface area contributed by atoms with Crippen molar-refractivity contribution in [1.29, 1.82) is 0 Å². The van der Waals surface area contributed by atoms with Crippen molar-refractivity contribution >= 4 is 0 Å². The van der Waals surface area contributed by atoms with E-state index >= 15 is 0 Å². The first-order valence-corrected chi connectivity index (χ1v) is 5.82. The van der Waals surface area contributed by atoms with E-state index in [2.05, 4.69) is 5.32 Å². The molecule has 0 bridgehead atoms. The highest BCUT2D eigenvalue weighted by Gasteiger charge is 2.13. The number of hydrogen-bond donors (Lipinski definition) is 1. The van der Waals surface area contributed by atoms with Crippen molar-refractivity contribution in [2.45, 2.75) is 25.4 Å². The summed E-state index contributed by atoms with van der Waals surface area (Å²) < 4.78 is 15.9. The molecule has 1 heterocycles. The average Bonchev–Trinajstić information content (AvgIpc) is 2.29. The van der Waals surface area contributed by atoms with Gasteiger partial charge in [-0.05, 0) is 25.8 Å². The monoisotopic (exact) mass is 217 g/mol. The van der Waals surface area contributed by atoms with Crippen LogP contribution in [-0.2, 0) is 14.2 Å². The first-order valence-electron chi connectivity index (χ1n) is 5.82. The Labute approximate surface area is 92.3 Å². The molecule has 4 heteroatoms. The van der Waals surface area contributed by atoms with Gasteiger partial charge in [-0.1, -0.05) is 0 Å². The zero-order valence-electron chi connectivity index (χ0n) is 9.67. The van der Waals surface area contributed by atoms with Crippen molar-refractivity contribution in [3.8, 4) is 0 Å². The van der Waals surface area contributed by atoms with Gasteiger partial charge in [-0.3, -0.25) is 0 Å². The second-order valence-electron chi connectivity index (χ2n) is 3.78. The maximum Gasteiger partial charge on any atom is 0.0619 e. The summed E-state index contributed by atoms with van der Waals surface area (Å²) in [6.07, 6.45) is 3.60. The van der Waals surface area contributed by atoms with Crippen molar-refractivity contribution in [3.63, 3.8) is 0 Å². The van der Waals surface area contributed by atoms with Gasteiger partial charge >= 0.3 is 0 Å². The molecular weight excluding hydrogens is 194 g/mol. The number of hydrogen-bond acceptors (Lipinski definition) is 4. The maximum atomic E-state index is 5.74. The molecule has 0 aromatic heterocycles. The van der Waals surface area contributed by atoms with Gasteiger partial charge in [0.15, 0.2) is 0 Å². The molecular formula is C11H23NO3. The van der Waals surface area contributed by atoms with Crippen molar-refractivity contribution in [2.75, 3.05) is 46.6 Å². The highest BCUT2D eigenvalue weighted by molar-refractivity contribution is 4.62. The van der Waals surface area contributed by atoms with E-state index in [0.29, 0.717) is 6.10 Å². The van der Waals surface area contributed by atoms with Crippen LogP contribution < -0.4 is 5.32 Å². The van der Waals surface area contributed by atoms with Crippen LogP contribution in [0.2, 0.25) is 0 Å². The Morgan fingerprint density at radius 2 is 2.00 bits per heavy atom. The van der Waals surface area contributed by atoms with Crippen LogP contribution in [0.15, 0.2) is 0 Å². The first kappa shape index (κ1) is 12.9. The molecule has 15 heavy (non-hydrogen) atoms. The topological polar surface area (TPSA) is 39.7 Å². The molecule has 0 amide bonds. The van der Waals surface area contributed by atoms with Crippen LogP contribution in [0.3, 0.4) is 0 Å². The molecule has 90 valence electrons. The Hall–Kier alpha value is -0.160. The summed E-state index contributed by atoms with van der Waals surface area (Å²) in [5.74, 6) is 0. The third-order valence-corrected chi connectivity index (χ3v) is 2.50. The summed E-state index contributed by atoms with van der Waals surface area (Å²) in [5.41, 5.74) is 0. The minimum atomic E-state index is 0.428. The van der Waals surface area contributed by atoms with E-state index in [0.717, 1.165) is 58.8 Å². The van der Waals surface area contributed by atoms with Crippen LogP contribution in [0.1, 0.15) is 19.3 Å². The molecule has 0 radical (unpaired) electrons. The van der Waals surface area contributed by atoms with Crippen molar-refractivity contribution in [2.24, 2.45) is 0 Å². The lowest BCUT2D eigenvalue weighted by atomic mass is 10.1. The highest BCUT2D eigenvalue weighted by atomic mass is 16.5. The molecule has 0 unspecified atom stereocenters. The molecule has 1 rings (SSSR count). The van der Waals surface area contributed by atoms with Crippen molar-refractivity contribution < 1.29 is 14.2 Å². The summed E-state index contributed by atoms with van der Waals surface area (Å²) >= 11 is 0. The fourth-order valence-corrected chi connectivity index (χ4v) is 1.59. The number of nitrogens with one attached hydrogen (secondary N) is 1. The zero-order valence-corrected chi connectivity index (χ0v) is 9.67. The molecule has 0 atom stereocenters. The summed E-state index contributed by atoms with van der Waals surface area (Å²) in [6, 6.07) is 0. The van der Waals surface area contributed by atoms with E-state index in [9.17, 15) is 0 Å². The van der Waals surface area contributed by atoms with Gasteiger partial charge in [0, 0.05) is 33.5 Å². The Kier molecular flexibility index (Phi) is 7.83. The summed E-state index contributed by atoms with van der Waals surface area (Å²) in [6.45, 7) is 5.28. The van der Waals surface area contributed by atoms with E-state index in [-0.39, 0.29) is 0 Å². The van der Waals surface area contributed by atoms with Crippen molar-refractivity contribution in [1.82, 2.24) is 5.32 Å². The number of ether oxygens (including phenoxy) is 3. The number of rotatable bonds is 8. The summed E-state index contributed by atoms with van der Waals surface area (Å²) in [4.78, 5) is 0. The lowest BCUT2D eigenvalue weighted by Crippen LogP contribution is -2.25. The molecule has 1 N–H and O–H groups in total. The average molecular weight is 217 g/mol. The quantitative estimate of drug-likeness (QED) is 0.611. The normalized spacial score (nSPS) is 18.2. The Morgan fingerprint density at radius 3 is 2.73 bits per heavy atom. The van der Waals surface area contributed by atoms with Gasteiger partial charge in [0.2, 0.25) is 0 Å². The van der Waals surface area contributed by atoms with E-state index in [4.69, 9.17) is 14.2 Å². The van der Waals surface area contributed by atoms with Gasteiger partial charge in [-0.15, -0.1) is 0 Å². The predicted octanol–water partition coefficient (Wildman–Crippen LogP) is 0.808. The van der Waals surface area contributed by atoms with Crippen molar-refractivity contribution in [3.05, 3.63) is 0 Å². The second kappa shape index (κ2) is 9.09. The maximum absolute atomic E-state index is 5.74. The third kappa shape index (κ3) is 6.84. The molecule has 1 saturated heterocycles. The fraction of sp³-hybridized carbons (Fsp3) is 1.00. The van der Waals surface area contributed by atoms with Crippen LogP contribution in [0, 0.1) is 0 Å². The van der Waals surface area contributed by atoms with Gasteiger partial charge in [-0.25, -0.2) is 0 Å². The fourth-order valence-electron chi connectivity index (χ4n) is 1.59. The van der Waals surface area contributed by atoms with Gasteiger partial charge in [-0.2, -0.15) is 0 Å². The molecule has 4 nitrogen and oxygen atoms in total. The molecule has 0 aromatic rings. The zero-order chi connectivity index (χ0) is 10.8. The van der Waals surface area contributed by atoms with Gasteiger partial charge < -0.3 is 19.5 Å². The first-order chi connectivity index (χ1) is 7.43. The van der Waals surface area contributed by atoms with E-state index in [1.807, 2.05) is 0 Å². The minimum absolute atomic E-state index is 0.428. The molecule has 1 aliphatic rings. The number of methoxy groups -OCH3 is 1. The van der Waals surface area contributed by atoms with Crippen LogP contribution in [0.4, 0.5) is 0 Å². The Bertz CT molecular complexity index is 138. The Morgan fingerprint density at radius 1 is 1.20 bits per heavy atom. The second-order valence-corrected chi connectivity index (χ2v) is 3.78. The minimum Gasteiger partial charge on any atom is -0.383 e. The smallest absolute Gasteiger partial charge is 0.0619 e. The molecule has 1 aliphatic heterocycles. The lowest BCUT2D eigenvalue weighted by Gasteiger charge is -2.22. The standard InChI is InChI=1S/C11H23NO3/c1-13-10-6-12-5-2-7-15-11-3-8-14-9-4-11/h11-12H,2-10H2,1H3. The van der Waals surface area contributed by atoms with E-state index in [1.165, 1.54) is 0 Å². The molecule has 0 spiro atoms. The highest BCUT2D eigenvalue weighted by Crippen LogP contribution is 2.10. The van der Waals surface area contributed by atoms with Gasteiger partial charge in [0.05, 0.1) is 12.7 Å². The lowest BCUT2D eigenvalue weighted by molar-refractivity contribution is -0.0322. The summed E-state index contributed by atoms with van der Waals surface area (Å²) in [7, 11) is 1.72. The SMILES string of the molecule is COCCNCCCOC1CCOCC1. The van der Waals surface area contributed by atoms with Gasteiger partial charge in [0.25, 0.3) is 0 Å².